The number of nitrogens with one attached hydrogen (secondary N) is 1. The second kappa shape index (κ2) is 8.22. The van der Waals surface area contributed by atoms with E-state index < -0.39 is 50.7 Å². The summed E-state index contributed by atoms with van der Waals surface area (Å²) < 4.78 is 116. The molecule has 0 fully saturated rings. The van der Waals surface area contributed by atoms with Gasteiger partial charge in [-0.1, -0.05) is 36.4 Å². The number of halogens is 3. The Morgan fingerprint density at radius 2 is 1.12 bits per heavy atom. The molecule has 1 N–H and O–H groups in total. The van der Waals surface area contributed by atoms with Crippen LogP contribution in [0.25, 0.3) is 0 Å². The van der Waals surface area contributed by atoms with Crippen LogP contribution in [0.5, 0.6) is 0 Å². The number of hydrogen-bond donors (Lipinski definition) is 1. The third kappa shape index (κ3) is 4.49. The van der Waals surface area contributed by atoms with Crippen molar-refractivity contribution in [2.75, 3.05) is 4.72 Å². The predicted molar refractivity (Wildman–Crippen MR) is 109 cm³/mol. The van der Waals surface area contributed by atoms with Gasteiger partial charge in [-0.05, 0) is 42.5 Å². The van der Waals surface area contributed by atoms with Gasteiger partial charge in [0.1, 0.15) is 0 Å². The fourth-order valence-corrected chi connectivity index (χ4v) is 6.13. The van der Waals surface area contributed by atoms with Crippen molar-refractivity contribution in [2.45, 2.75) is 25.1 Å². The molecular formula is C19H14F3NO6S3. The molecule has 0 aliphatic heterocycles. The van der Waals surface area contributed by atoms with E-state index >= 15 is 0 Å². The molecule has 0 heterocycles. The van der Waals surface area contributed by atoms with Crippen LogP contribution in [0.3, 0.4) is 0 Å². The number of sulfone groups is 2. The van der Waals surface area contributed by atoms with Gasteiger partial charge in [0, 0.05) is 0 Å². The minimum absolute atomic E-state index is 0.241. The Balaban J connectivity index is 2.25. The van der Waals surface area contributed by atoms with Gasteiger partial charge in [0.05, 0.1) is 25.3 Å². The van der Waals surface area contributed by atoms with Crippen LogP contribution in [0.1, 0.15) is 0 Å². The smallest absolute Gasteiger partial charge is 0.278 e. The van der Waals surface area contributed by atoms with Gasteiger partial charge in [0.15, 0.2) is 0 Å². The Kier molecular flexibility index (Phi) is 6.10. The maximum Gasteiger partial charge on any atom is 0.501 e. The van der Waals surface area contributed by atoms with E-state index in [9.17, 15) is 38.4 Å². The maximum absolute atomic E-state index is 13.1. The van der Waals surface area contributed by atoms with Crippen LogP contribution >= 0.6 is 0 Å². The molecule has 13 heteroatoms. The maximum atomic E-state index is 13.1. The average Bonchev–Trinajstić information content (AvgIpc) is 2.74. The minimum atomic E-state index is -5.90. The molecule has 0 amide bonds. The molecule has 3 rings (SSSR count). The summed E-state index contributed by atoms with van der Waals surface area (Å²) in [6.07, 6.45) is 0. The van der Waals surface area contributed by atoms with Crippen molar-refractivity contribution >= 4 is 35.4 Å². The standard InChI is InChI=1S/C19H14F3NO6S3/c20-19(21,22)31(26,27)16-11-12-17(23-32(28,29)15-9-5-2-6-10-15)18(13-16)30(24,25)14-7-3-1-4-8-14/h1-13,23H. The predicted octanol–water partition coefficient (Wildman–Crippen LogP) is 3.61. The van der Waals surface area contributed by atoms with Crippen LogP contribution in [-0.2, 0) is 29.7 Å². The highest BCUT2D eigenvalue weighted by Crippen LogP contribution is 2.36. The minimum Gasteiger partial charge on any atom is -0.278 e. The molecule has 0 unspecified atom stereocenters. The molecule has 32 heavy (non-hydrogen) atoms. The summed E-state index contributed by atoms with van der Waals surface area (Å²) in [6.45, 7) is 0. The van der Waals surface area contributed by atoms with Crippen LogP contribution in [0, 0.1) is 0 Å². The first kappa shape index (κ1) is 23.8. The van der Waals surface area contributed by atoms with Crippen LogP contribution < -0.4 is 4.72 Å². The Bertz CT molecular complexity index is 1450. The Morgan fingerprint density at radius 3 is 1.62 bits per heavy atom. The second-order valence-electron chi connectivity index (χ2n) is 6.34. The monoisotopic (exact) mass is 505 g/mol. The van der Waals surface area contributed by atoms with E-state index in [4.69, 9.17) is 0 Å². The second-order valence-corrected chi connectivity index (χ2v) is 11.9. The van der Waals surface area contributed by atoms with Crippen LogP contribution in [-0.4, -0.2) is 30.8 Å². The molecule has 0 radical (unpaired) electrons. The van der Waals surface area contributed by atoms with E-state index in [-0.39, 0.29) is 15.9 Å². The summed E-state index contributed by atoms with van der Waals surface area (Å²) in [5.41, 5.74) is -6.30. The van der Waals surface area contributed by atoms with E-state index in [1.54, 1.807) is 6.07 Å². The summed E-state index contributed by atoms with van der Waals surface area (Å²) >= 11 is 0. The van der Waals surface area contributed by atoms with Crippen molar-refractivity contribution < 1.29 is 38.4 Å². The van der Waals surface area contributed by atoms with Gasteiger partial charge in [-0.15, -0.1) is 0 Å². The normalized spacial score (nSPS) is 13.0. The first-order chi connectivity index (χ1) is 14.8. The molecule has 7 nitrogen and oxygen atoms in total. The van der Waals surface area contributed by atoms with Gasteiger partial charge < -0.3 is 0 Å². The molecule has 0 spiro atoms. The third-order valence-corrected chi connectivity index (χ3v) is 8.88. The van der Waals surface area contributed by atoms with Gasteiger partial charge in [-0.25, -0.2) is 25.3 Å². The van der Waals surface area contributed by atoms with Crippen LogP contribution in [0.15, 0.2) is 98.4 Å². The number of benzene rings is 3. The Labute approximate surface area is 182 Å². The molecule has 0 saturated heterocycles. The first-order valence-electron chi connectivity index (χ1n) is 8.60. The fourth-order valence-electron chi connectivity index (χ4n) is 2.64. The first-order valence-corrected chi connectivity index (χ1v) is 13.1. The van der Waals surface area contributed by atoms with Crippen molar-refractivity contribution in [3.8, 4) is 0 Å². The summed E-state index contributed by atoms with van der Waals surface area (Å²) in [5, 5.41) is 0. The third-order valence-electron chi connectivity index (χ3n) is 4.21. The number of sulfonamides is 1. The molecular weight excluding hydrogens is 491 g/mol. The number of hydrogen-bond acceptors (Lipinski definition) is 6. The van der Waals surface area contributed by atoms with Gasteiger partial charge >= 0.3 is 5.51 Å². The lowest BCUT2D eigenvalue weighted by Crippen LogP contribution is -2.24. The lowest BCUT2D eigenvalue weighted by atomic mass is 10.3. The van der Waals surface area contributed by atoms with Crippen molar-refractivity contribution in [2.24, 2.45) is 0 Å². The molecule has 0 atom stereocenters. The van der Waals surface area contributed by atoms with E-state index in [1.807, 2.05) is 4.72 Å². The van der Waals surface area contributed by atoms with Crippen molar-refractivity contribution in [3.63, 3.8) is 0 Å². The number of rotatable bonds is 6. The Morgan fingerprint density at radius 1 is 0.625 bits per heavy atom. The van der Waals surface area contributed by atoms with E-state index in [2.05, 4.69) is 0 Å². The van der Waals surface area contributed by atoms with Crippen molar-refractivity contribution in [3.05, 3.63) is 78.9 Å². The highest BCUT2D eigenvalue weighted by Gasteiger charge is 2.47. The van der Waals surface area contributed by atoms with Crippen LogP contribution in [0.4, 0.5) is 18.9 Å². The zero-order valence-corrected chi connectivity index (χ0v) is 18.3. The van der Waals surface area contributed by atoms with E-state index in [1.165, 1.54) is 42.5 Å². The Hall–Kier alpha value is -2.90. The SMILES string of the molecule is O=S(=O)(Nc1ccc(S(=O)(=O)C(F)(F)F)cc1S(=O)(=O)c1ccccc1)c1ccccc1. The largest absolute Gasteiger partial charge is 0.501 e. The molecule has 0 aromatic heterocycles. The molecule has 0 saturated carbocycles. The summed E-state index contributed by atoms with van der Waals surface area (Å²) in [5.74, 6) is 0. The quantitative estimate of drug-likeness (QED) is 0.547. The van der Waals surface area contributed by atoms with Gasteiger partial charge in [-0.3, -0.25) is 4.72 Å². The van der Waals surface area contributed by atoms with E-state index in [0.29, 0.717) is 12.1 Å². The van der Waals surface area contributed by atoms with E-state index in [0.717, 1.165) is 12.1 Å². The van der Waals surface area contributed by atoms with Crippen LogP contribution in [0.2, 0.25) is 0 Å². The highest BCUT2D eigenvalue weighted by atomic mass is 32.2. The molecule has 3 aromatic carbocycles. The topological polar surface area (TPSA) is 114 Å². The summed E-state index contributed by atoms with van der Waals surface area (Å²) in [7, 11) is -14.8. The zero-order chi connectivity index (χ0) is 23.8. The molecule has 170 valence electrons. The molecule has 0 aliphatic rings. The summed E-state index contributed by atoms with van der Waals surface area (Å²) in [6, 6.07) is 14.7. The van der Waals surface area contributed by atoms with Gasteiger partial charge in [-0.2, -0.15) is 13.2 Å². The highest BCUT2D eigenvalue weighted by molar-refractivity contribution is 7.93. The summed E-state index contributed by atoms with van der Waals surface area (Å²) in [4.78, 5) is -2.91. The fraction of sp³-hybridized carbons (Fsp3) is 0.0526. The lowest BCUT2D eigenvalue weighted by Gasteiger charge is -2.16. The molecule has 0 bridgehead atoms. The lowest BCUT2D eigenvalue weighted by molar-refractivity contribution is -0.0436. The number of anilines is 1. The molecule has 0 aliphatic carbocycles. The molecule has 3 aromatic rings. The van der Waals surface area contributed by atoms with Crippen molar-refractivity contribution in [1.29, 1.82) is 0 Å². The number of alkyl halides is 3. The van der Waals surface area contributed by atoms with Gasteiger partial charge in [0.2, 0.25) is 9.84 Å². The average molecular weight is 506 g/mol. The zero-order valence-electron chi connectivity index (χ0n) is 15.8. The van der Waals surface area contributed by atoms with Crippen molar-refractivity contribution in [1.82, 2.24) is 0 Å². The van der Waals surface area contributed by atoms with Gasteiger partial charge in [0.25, 0.3) is 19.9 Å².